The molecule has 1 N–H and O–H groups in total. The molecule has 2 amide bonds. The SMILES string of the molecule is CCNC(=O)C(C)N(Cc1cccc(OC)c1)C(=O)CN(c1ccc(F)cc1)S(=O)(=O)c1ccc(OC)c(OC)c1. The predicted octanol–water partition coefficient (Wildman–Crippen LogP) is 3.60. The van der Waals surface area contributed by atoms with Crippen LogP contribution in [0.5, 0.6) is 17.2 Å². The highest BCUT2D eigenvalue weighted by molar-refractivity contribution is 7.92. The number of rotatable bonds is 13. The number of hydrogen-bond acceptors (Lipinski definition) is 7. The zero-order valence-electron chi connectivity index (χ0n) is 23.6. The molecule has 12 heteroatoms. The molecule has 3 aromatic rings. The van der Waals surface area contributed by atoms with Gasteiger partial charge in [-0.25, -0.2) is 12.8 Å². The Bertz CT molecular complexity index is 1470. The Morgan fingerprint density at radius 3 is 2.22 bits per heavy atom. The van der Waals surface area contributed by atoms with Crippen LogP contribution in [0.15, 0.2) is 71.6 Å². The van der Waals surface area contributed by atoms with Crippen LogP contribution in [-0.4, -0.2) is 65.6 Å². The van der Waals surface area contributed by atoms with Crippen LogP contribution in [0.25, 0.3) is 0 Å². The number of anilines is 1. The van der Waals surface area contributed by atoms with Crippen LogP contribution in [-0.2, 0) is 26.2 Å². The van der Waals surface area contributed by atoms with Gasteiger partial charge in [0.1, 0.15) is 24.2 Å². The van der Waals surface area contributed by atoms with Crippen molar-refractivity contribution in [1.82, 2.24) is 10.2 Å². The molecule has 0 bridgehead atoms. The van der Waals surface area contributed by atoms with Gasteiger partial charge in [-0.05, 0) is 67.9 Å². The summed E-state index contributed by atoms with van der Waals surface area (Å²) in [5, 5.41) is 2.70. The summed E-state index contributed by atoms with van der Waals surface area (Å²) in [7, 11) is -0.0840. The number of hydrogen-bond donors (Lipinski definition) is 1. The molecule has 0 aliphatic heterocycles. The Labute approximate surface area is 239 Å². The number of halogens is 1. The van der Waals surface area contributed by atoms with Gasteiger partial charge in [-0.1, -0.05) is 12.1 Å². The Kier molecular flexibility index (Phi) is 10.5. The van der Waals surface area contributed by atoms with Crippen molar-refractivity contribution in [2.45, 2.75) is 31.3 Å². The third kappa shape index (κ3) is 7.46. The summed E-state index contributed by atoms with van der Waals surface area (Å²) in [4.78, 5) is 27.8. The number of carbonyl (C=O) groups is 2. The number of carbonyl (C=O) groups excluding carboxylic acids is 2. The van der Waals surface area contributed by atoms with Crippen molar-refractivity contribution >= 4 is 27.5 Å². The van der Waals surface area contributed by atoms with Crippen molar-refractivity contribution in [3.8, 4) is 17.2 Å². The molecule has 220 valence electrons. The summed E-state index contributed by atoms with van der Waals surface area (Å²) in [6, 6.07) is 14.8. The minimum Gasteiger partial charge on any atom is -0.497 e. The van der Waals surface area contributed by atoms with Gasteiger partial charge in [0.25, 0.3) is 10.0 Å². The third-order valence-electron chi connectivity index (χ3n) is 6.34. The molecule has 10 nitrogen and oxygen atoms in total. The average molecular weight is 588 g/mol. The Morgan fingerprint density at radius 2 is 1.61 bits per heavy atom. The molecular formula is C29H34FN3O7S. The van der Waals surface area contributed by atoms with E-state index in [1.165, 1.54) is 56.6 Å². The van der Waals surface area contributed by atoms with E-state index in [9.17, 15) is 22.4 Å². The van der Waals surface area contributed by atoms with Crippen molar-refractivity contribution in [3.05, 3.63) is 78.1 Å². The first kappa shape index (κ1) is 31.2. The van der Waals surface area contributed by atoms with Crippen LogP contribution in [0.2, 0.25) is 0 Å². The number of nitrogens with zero attached hydrogens (tertiary/aromatic N) is 2. The second kappa shape index (κ2) is 13.8. The molecule has 1 atom stereocenters. The standard InChI is InChI=1S/C29H34FN3O7S/c1-6-31-29(35)20(2)32(18-21-8-7-9-24(16-21)38-3)28(34)19-33(23-12-10-22(30)11-13-23)41(36,37)25-14-15-26(39-4)27(17-25)40-5/h7-17,20H,6,18-19H2,1-5H3,(H,31,35). The van der Waals surface area contributed by atoms with Crippen LogP contribution in [0, 0.1) is 5.82 Å². The minimum atomic E-state index is -4.39. The molecule has 0 aromatic heterocycles. The quantitative estimate of drug-likeness (QED) is 0.325. The molecule has 0 saturated heterocycles. The first-order valence-electron chi connectivity index (χ1n) is 12.8. The maximum absolute atomic E-state index is 14.0. The molecular weight excluding hydrogens is 553 g/mol. The van der Waals surface area contributed by atoms with Gasteiger partial charge >= 0.3 is 0 Å². The largest absolute Gasteiger partial charge is 0.497 e. The van der Waals surface area contributed by atoms with Crippen molar-refractivity contribution < 1.29 is 36.6 Å². The molecule has 41 heavy (non-hydrogen) atoms. The molecule has 0 heterocycles. The normalized spacial score (nSPS) is 11.8. The Morgan fingerprint density at radius 1 is 0.927 bits per heavy atom. The topological polar surface area (TPSA) is 114 Å². The number of benzene rings is 3. The highest BCUT2D eigenvalue weighted by Crippen LogP contribution is 2.32. The minimum absolute atomic E-state index is 0.00198. The van der Waals surface area contributed by atoms with Gasteiger partial charge in [0.15, 0.2) is 11.5 Å². The highest BCUT2D eigenvalue weighted by Gasteiger charge is 2.33. The van der Waals surface area contributed by atoms with E-state index in [0.717, 1.165) is 16.4 Å². The first-order valence-corrected chi connectivity index (χ1v) is 14.2. The Hall–Kier alpha value is -4.32. The number of methoxy groups -OCH3 is 3. The number of amides is 2. The van der Waals surface area contributed by atoms with Gasteiger partial charge in [0.2, 0.25) is 11.8 Å². The fraction of sp³-hybridized carbons (Fsp3) is 0.310. The van der Waals surface area contributed by atoms with Gasteiger partial charge in [0, 0.05) is 19.2 Å². The summed E-state index contributed by atoms with van der Waals surface area (Å²) in [5.41, 5.74) is 0.728. The summed E-state index contributed by atoms with van der Waals surface area (Å²) < 4.78 is 58.4. The van der Waals surface area contributed by atoms with Gasteiger partial charge in [-0.15, -0.1) is 0 Å². The average Bonchev–Trinajstić information content (AvgIpc) is 2.98. The van der Waals surface area contributed by atoms with Gasteiger partial charge in [-0.3, -0.25) is 13.9 Å². The lowest BCUT2D eigenvalue weighted by Gasteiger charge is -2.32. The van der Waals surface area contributed by atoms with E-state index < -0.39 is 40.2 Å². The van der Waals surface area contributed by atoms with Crippen LogP contribution < -0.4 is 23.8 Å². The molecule has 0 saturated carbocycles. The van der Waals surface area contributed by atoms with Gasteiger partial charge < -0.3 is 24.4 Å². The van der Waals surface area contributed by atoms with Crippen molar-refractivity contribution in [2.24, 2.45) is 0 Å². The van der Waals surface area contributed by atoms with E-state index in [2.05, 4.69) is 5.32 Å². The molecule has 0 aliphatic rings. The molecule has 0 aliphatic carbocycles. The van der Waals surface area contributed by atoms with Gasteiger partial charge in [0.05, 0.1) is 31.9 Å². The molecule has 0 fully saturated rings. The second-order valence-electron chi connectivity index (χ2n) is 8.95. The fourth-order valence-corrected chi connectivity index (χ4v) is 5.54. The Balaban J connectivity index is 2.07. The van der Waals surface area contributed by atoms with Crippen molar-refractivity contribution in [3.63, 3.8) is 0 Å². The van der Waals surface area contributed by atoms with E-state index in [-0.39, 0.29) is 22.9 Å². The summed E-state index contributed by atoms with van der Waals surface area (Å²) in [6.07, 6.45) is 0. The maximum Gasteiger partial charge on any atom is 0.264 e. The van der Waals surface area contributed by atoms with Crippen LogP contribution >= 0.6 is 0 Å². The number of sulfonamides is 1. The summed E-state index contributed by atoms with van der Waals surface area (Å²) in [6.45, 7) is 3.00. The number of ether oxygens (including phenoxy) is 3. The zero-order valence-corrected chi connectivity index (χ0v) is 24.4. The lowest BCUT2D eigenvalue weighted by molar-refractivity contribution is -0.139. The molecule has 0 spiro atoms. The zero-order chi connectivity index (χ0) is 30.2. The highest BCUT2D eigenvalue weighted by atomic mass is 32.2. The number of likely N-dealkylation sites (N-methyl/N-ethyl adjacent to an activating group) is 1. The maximum atomic E-state index is 14.0. The smallest absolute Gasteiger partial charge is 0.264 e. The van der Waals surface area contributed by atoms with E-state index in [1.807, 2.05) is 0 Å². The molecule has 3 rings (SSSR count). The van der Waals surface area contributed by atoms with E-state index in [4.69, 9.17) is 14.2 Å². The molecule has 0 radical (unpaired) electrons. The van der Waals surface area contributed by atoms with Crippen LogP contribution in [0.1, 0.15) is 19.4 Å². The van der Waals surface area contributed by atoms with Crippen LogP contribution in [0.4, 0.5) is 10.1 Å². The fourth-order valence-electron chi connectivity index (χ4n) is 4.11. The van der Waals surface area contributed by atoms with Crippen molar-refractivity contribution in [1.29, 1.82) is 0 Å². The van der Waals surface area contributed by atoms with Crippen molar-refractivity contribution in [2.75, 3.05) is 38.7 Å². The summed E-state index contributed by atoms with van der Waals surface area (Å²) >= 11 is 0. The second-order valence-corrected chi connectivity index (χ2v) is 10.8. The predicted molar refractivity (Wildman–Crippen MR) is 152 cm³/mol. The molecule has 1 unspecified atom stereocenters. The summed E-state index contributed by atoms with van der Waals surface area (Å²) in [5.74, 6) is -0.586. The lowest BCUT2D eigenvalue weighted by atomic mass is 10.1. The first-order chi connectivity index (χ1) is 19.5. The van der Waals surface area contributed by atoms with Crippen LogP contribution in [0.3, 0.4) is 0 Å². The third-order valence-corrected chi connectivity index (χ3v) is 8.11. The number of nitrogens with one attached hydrogen (secondary N) is 1. The lowest BCUT2D eigenvalue weighted by Crippen LogP contribution is -2.51. The van der Waals surface area contributed by atoms with E-state index in [1.54, 1.807) is 38.1 Å². The van der Waals surface area contributed by atoms with Gasteiger partial charge in [-0.2, -0.15) is 0 Å². The van der Waals surface area contributed by atoms with E-state index >= 15 is 0 Å². The monoisotopic (exact) mass is 587 g/mol. The molecule has 3 aromatic carbocycles. The van der Waals surface area contributed by atoms with E-state index in [0.29, 0.717) is 23.6 Å².